The van der Waals surface area contributed by atoms with Crippen LogP contribution in [0.1, 0.15) is 51.7 Å². The van der Waals surface area contributed by atoms with Crippen molar-refractivity contribution in [3.05, 3.63) is 78.4 Å². The molecule has 1 heterocycles. The van der Waals surface area contributed by atoms with Gasteiger partial charge in [-0.25, -0.2) is 9.67 Å². The first-order valence-corrected chi connectivity index (χ1v) is 8.69. The van der Waals surface area contributed by atoms with Gasteiger partial charge in [0.25, 0.3) is 0 Å². The fraction of sp³-hybridized carbons (Fsp3) is 0.333. The van der Waals surface area contributed by atoms with Gasteiger partial charge in [-0.15, -0.1) is 0 Å². The lowest BCUT2D eigenvalue weighted by molar-refractivity contribution is 0.867. The summed E-state index contributed by atoms with van der Waals surface area (Å²) in [5, 5.41) is 4.05. The number of nitrogens with zero attached hydrogens (tertiary/aromatic N) is 3. The fourth-order valence-corrected chi connectivity index (χ4v) is 2.06. The molecule has 3 aromatic rings. The third-order valence-corrected chi connectivity index (χ3v) is 3.49. The molecule has 0 N–H and O–H groups in total. The second kappa shape index (κ2) is 11.2. The van der Waals surface area contributed by atoms with E-state index in [2.05, 4.69) is 67.3 Å². The van der Waals surface area contributed by atoms with Crippen molar-refractivity contribution in [3.8, 4) is 5.69 Å². The molecule has 0 aliphatic rings. The Bertz CT molecular complexity index is 641. The minimum Gasteiger partial charge on any atom is -0.223 e. The van der Waals surface area contributed by atoms with Gasteiger partial charge in [-0.2, -0.15) is 5.10 Å². The standard InChI is InChI=1S/C10H11N3.C9H12.C2H6/c1-2-9-3-5-10(6-4-9)13-8-11-7-12-13;1-8(2)9-6-4-3-5-7-9;1-2/h3-8H,2H2,1H3;3-8H,1-2H3;1-2H3. The number of benzene rings is 2. The molecule has 0 atom stereocenters. The summed E-state index contributed by atoms with van der Waals surface area (Å²) < 4.78 is 1.75. The van der Waals surface area contributed by atoms with E-state index in [1.54, 1.807) is 11.0 Å². The molecule has 0 bridgehead atoms. The van der Waals surface area contributed by atoms with Crippen molar-refractivity contribution >= 4 is 0 Å². The zero-order valence-electron chi connectivity index (χ0n) is 15.5. The van der Waals surface area contributed by atoms with Crippen LogP contribution in [0.2, 0.25) is 0 Å². The lowest BCUT2D eigenvalue weighted by atomic mass is 10.0. The van der Waals surface area contributed by atoms with Gasteiger partial charge in [0.2, 0.25) is 0 Å². The van der Waals surface area contributed by atoms with Gasteiger partial charge in [0.05, 0.1) is 5.69 Å². The van der Waals surface area contributed by atoms with Crippen LogP contribution in [0.3, 0.4) is 0 Å². The van der Waals surface area contributed by atoms with Crippen molar-refractivity contribution < 1.29 is 0 Å². The summed E-state index contributed by atoms with van der Waals surface area (Å²) in [7, 11) is 0. The Morgan fingerprint density at radius 3 is 1.96 bits per heavy atom. The van der Waals surface area contributed by atoms with Crippen molar-refractivity contribution in [1.82, 2.24) is 14.8 Å². The smallest absolute Gasteiger partial charge is 0.138 e. The van der Waals surface area contributed by atoms with Crippen LogP contribution in [-0.4, -0.2) is 14.8 Å². The number of hydrogen-bond donors (Lipinski definition) is 0. The zero-order valence-corrected chi connectivity index (χ0v) is 15.5. The van der Waals surface area contributed by atoms with E-state index in [0.717, 1.165) is 12.1 Å². The van der Waals surface area contributed by atoms with Gasteiger partial charge in [0.15, 0.2) is 0 Å². The average molecular weight is 323 g/mol. The summed E-state index contributed by atoms with van der Waals surface area (Å²) in [5.41, 5.74) is 3.80. The largest absolute Gasteiger partial charge is 0.223 e. The van der Waals surface area contributed by atoms with Crippen molar-refractivity contribution in [3.63, 3.8) is 0 Å². The van der Waals surface area contributed by atoms with Gasteiger partial charge < -0.3 is 0 Å². The molecule has 2 aromatic carbocycles. The quantitative estimate of drug-likeness (QED) is 0.622. The highest BCUT2D eigenvalue weighted by molar-refractivity contribution is 5.33. The van der Waals surface area contributed by atoms with Gasteiger partial charge in [0, 0.05) is 0 Å². The number of aryl methyl sites for hydroxylation is 1. The second-order valence-corrected chi connectivity index (χ2v) is 5.43. The van der Waals surface area contributed by atoms with E-state index in [4.69, 9.17) is 0 Å². The van der Waals surface area contributed by atoms with Gasteiger partial charge in [-0.05, 0) is 35.6 Å². The van der Waals surface area contributed by atoms with E-state index in [-0.39, 0.29) is 0 Å². The van der Waals surface area contributed by atoms with Crippen LogP contribution in [0.4, 0.5) is 0 Å². The van der Waals surface area contributed by atoms with Crippen LogP contribution < -0.4 is 0 Å². The highest BCUT2D eigenvalue weighted by atomic mass is 15.3. The molecule has 0 saturated heterocycles. The van der Waals surface area contributed by atoms with Crippen LogP contribution in [0.15, 0.2) is 67.3 Å². The molecule has 0 amide bonds. The number of hydrogen-bond acceptors (Lipinski definition) is 2. The van der Waals surface area contributed by atoms with Crippen LogP contribution in [0, 0.1) is 0 Å². The summed E-state index contributed by atoms with van der Waals surface area (Å²) in [6.07, 6.45) is 4.30. The Hall–Kier alpha value is -2.42. The number of rotatable bonds is 3. The summed E-state index contributed by atoms with van der Waals surface area (Å²) in [4.78, 5) is 3.89. The minimum absolute atomic E-state index is 0.659. The van der Waals surface area contributed by atoms with Crippen molar-refractivity contribution in [2.45, 2.75) is 47.0 Å². The second-order valence-electron chi connectivity index (χ2n) is 5.43. The van der Waals surface area contributed by atoms with E-state index in [0.29, 0.717) is 5.92 Å². The monoisotopic (exact) mass is 323 g/mol. The molecule has 0 radical (unpaired) electrons. The van der Waals surface area contributed by atoms with E-state index >= 15 is 0 Å². The fourth-order valence-electron chi connectivity index (χ4n) is 2.06. The lowest BCUT2D eigenvalue weighted by Crippen LogP contribution is -1.93. The molecular formula is C21H29N3. The first-order chi connectivity index (χ1) is 11.7. The molecule has 128 valence electrons. The summed E-state index contributed by atoms with van der Waals surface area (Å²) in [6, 6.07) is 18.8. The highest BCUT2D eigenvalue weighted by Crippen LogP contribution is 2.11. The molecule has 0 fully saturated rings. The molecular weight excluding hydrogens is 294 g/mol. The molecule has 24 heavy (non-hydrogen) atoms. The Morgan fingerprint density at radius 1 is 0.917 bits per heavy atom. The Morgan fingerprint density at radius 2 is 1.54 bits per heavy atom. The van der Waals surface area contributed by atoms with E-state index in [1.165, 1.54) is 17.5 Å². The molecule has 0 aliphatic carbocycles. The maximum absolute atomic E-state index is 4.05. The lowest BCUT2D eigenvalue weighted by Gasteiger charge is -2.01. The summed E-state index contributed by atoms with van der Waals surface area (Å²) in [6.45, 7) is 10.6. The maximum atomic E-state index is 4.05. The third-order valence-electron chi connectivity index (χ3n) is 3.49. The summed E-state index contributed by atoms with van der Waals surface area (Å²) in [5.74, 6) is 0.659. The van der Waals surface area contributed by atoms with Crippen LogP contribution in [-0.2, 0) is 6.42 Å². The molecule has 3 heteroatoms. The van der Waals surface area contributed by atoms with E-state index in [9.17, 15) is 0 Å². The zero-order chi connectivity index (χ0) is 17.8. The van der Waals surface area contributed by atoms with Crippen molar-refractivity contribution in [2.75, 3.05) is 0 Å². The first kappa shape index (κ1) is 19.6. The van der Waals surface area contributed by atoms with Gasteiger partial charge in [-0.1, -0.05) is 77.1 Å². The highest BCUT2D eigenvalue weighted by Gasteiger charge is 1.95. The van der Waals surface area contributed by atoms with Crippen LogP contribution >= 0.6 is 0 Å². The van der Waals surface area contributed by atoms with Gasteiger partial charge in [-0.3, -0.25) is 0 Å². The molecule has 3 nitrogen and oxygen atoms in total. The van der Waals surface area contributed by atoms with E-state index in [1.807, 2.05) is 32.0 Å². The number of aromatic nitrogens is 3. The van der Waals surface area contributed by atoms with Crippen LogP contribution in [0.5, 0.6) is 0 Å². The Labute approximate surface area is 146 Å². The normalized spacial score (nSPS) is 9.58. The first-order valence-electron chi connectivity index (χ1n) is 8.69. The van der Waals surface area contributed by atoms with Gasteiger partial charge in [0.1, 0.15) is 12.7 Å². The Balaban J connectivity index is 0.000000230. The van der Waals surface area contributed by atoms with E-state index < -0.39 is 0 Å². The summed E-state index contributed by atoms with van der Waals surface area (Å²) >= 11 is 0. The molecule has 1 aromatic heterocycles. The molecule has 0 saturated carbocycles. The molecule has 0 aliphatic heterocycles. The Kier molecular flexibility index (Phi) is 9.13. The average Bonchev–Trinajstić information content (AvgIpc) is 3.19. The van der Waals surface area contributed by atoms with Gasteiger partial charge >= 0.3 is 0 Å². The predicted molar refractivity (Wildman–Crippen MR) is 103 cm³/mol. The maximum Gasteiger partial charge on any atom is 0.138 e. The third kappa shape index (κ3) is 6.37. The molecule has 3 rings (SSSR count). The topological polar surface area (TPSA) is 30.7 Å². The predicted octanol–water partition coefficient (Wildman–Crippen LogP) is 5.67. The molecule has 0 unspecified atom stereocenters. The SMILES string of the molecule is CC.CC(C)c1ccccc1.CCc1ccc(-n2cncn2)cc1. The van der Waals surface area contributed by atoms with Crippen LogP contribution in [0.25, 0.3) is 5.69 Å². The molecule has 0 spiro atoms. The van der Waals surface area contributed by atoms with Crippen molar-refractivity contribution in [1.29, 1.82) is 0 Å². The minimum atomic E-state index is 0.659. The van der Waals surface area contributed by atoms with Crippen molar-refractivity contribution in [2.24, 2.45) is 0 Å².